The first-order valence-electron chi connectivity index (χ1n) is 8.02. The Kier molecular flexibility index (Phi) is 4.62. The van der Waals surface area contributed by atoms with Gasteiger partial charge in [0.25, 0.3) is 5.91 Å². The lowest BCUT2D eigenvalue weighted by Crippen LogP contribution is -2.23. The first-order chi connectivity index (χ1) is 10.6. The van der Waals surface area contributed by atoms with E-state index in [0.717, 1.165) is 42.2 Å². The standard InChI is InChI=1S/C17H23N3OS/c1-11-5-6-15-14(8-11)9-16(22-15)17(21)18-7-3-4-13-10-19-20-12(13)2/h9-11H,3-8H2,1-2H3,(H,18,21)(H,19,20)/t11-/m1/s1. The van der Waals surface area contributed by atoms with Gasteiger partial charge in [0, 0.05) is 17.1 Å². The van der Waals surface area contributed by atoms with Gasteiger partial charge in [-0.3, -0.25) is 9.89 Å². The third-order valence-corrected chi connectivity index (χ3v) is 5.63. The Labute approximate surface area is 135 Å². The number of hydrogen-bond donors (Lipinski definition) is 2. The van der Waals surface area contributed by atoms with Gasteiger partial charge in [0.1, 0.15) is 0 Å². The van der Waals surface area contributed by atoms with E-state index in [1.165, 1.54) is 22.4 Å². The number of fused-ring (bicyclic) bond motifs is 1. The minimum absolute atomic E-state index is 0.0796. The van der Waals surface area contributed by atoms with Gasteiger partial charge in [-0.2, -0.15) is 5.10 Å². The lowest BCUT2D eigenvalue weighted by atomic mass is 9.90. The van der Waals surface area contributed by atoms with Crippen LogP contribution in [0.1, 0.15) is 51.1 Å². The Morgan fingerprint density at radius 2 is 2.41 bits per heavy atom. The summed E-state index contributed by atoms with van der Waals surface area (Å²) >= 11 is 1.68. The average molecular weight is 317 g/mol. The zero-order chi connectivity index (χ0) is 15.5. The van der Waals surface area contributed by atoms with Crippen LogP contribution in [-0.4, -0.2) is 22.6 Å². The van der Waals surface area contributed by atoms with Crippen LogP contribution in [0.15, 0.2) is 12.3 Å². The van der Waals surface area contributed by atoms with Crippen LogP contribution in [0.25, 0.3) is 0 Å². The lowest BCUT2D eigenvalue weighted by molar-refractivity contribution is 0.0957. The van der Waals surface area contributed by atoms with Crippen molar-refractivity contribution < 1.29 is 4.79 Å². The Morgan fingerprint density at radius 1 is 1.55 bits per heavy atom. The fourth-order valence-corrected chi connectivity index (χ4v) is 4.14. The molecule has 5 heteroatoms. The van der Waals surface area contributed by atoms with Gasteiger partial charge in [0.05, 0.1) is 11.1 Å². The van der Waals surface area contributed by atoms with E-state index < -0.39 is 0 Å². The van der Waals surface area contributed by atoms with Crippen molar-refractivity contribution in [3.8, 4) is 0 Å². The molecule has 4 nitrogen and oxygen atoms in total. The molecule has 0 spiro atoms. The summed E-state index contributed by atoms with van der Waals surface area (Å²) in [5.41, 5.74) is 3.74. The number of aryl methyl sites for hydroxylation is 3. The molecule has 1 aliphatic rings. The van der Waals surface area contributed by atoms with Gasteiger partial charge in [0.15, 0.2) is 0 Å². The number of nitrogens with one attached hydrogen (secondary N) is 2. The SMILES string of the molecule is Cc1[nH]ncc1CCCNC(=O)c1cc2c(s1)CC[C@@H](C)C2. The molecular weight excluding hydrogens is 294 g/mol. The normalized spacial score (nSPS) is 17.3. The topological polar surface area (TPSA) is 57.8 Å². The lowest BCUT2D eigenvalue weighted by Gasteiger charge is -2.16. The molecule has 2 N–H and O–H groups in total. The maximum Gasteiger partial charge on any atom is 0.261 e. The number of amides is 1. The Balaban J connectivity index is 1.49. The minimum Gasteiger partial charge on any atom is -0.351 e. The highest BCUT2D eigenvalue weighted by Crippen LogP contribution is 2.32. The van der Waals surface area contributed by atoms with E-state index in [-0.39, 0.29) is 5.91 Å². The number of carbonyl (C=O) groups excluding carboxylic acids is 1. The molecule has 0 radical (unpaired) electrons. The first-order valence-corrected chi connectivity index (χ1v) is 8.83. The maximum atomic E-state index is 12.3. The van der Waals surface area contributed by atoms with Gasteiger partial charge < -0.3 is 5.32 Å². The number of aromatic nitrogens is 2. The Bertz CT molecular complexity index is 659. The molecule has 2 heterocycles. The number of carbonyl (C=O) groups is 1. The van der Waals surface area contributed by atoms with Gasteiger partial charge in [-0.1, -0.05) is 6.92 Å². The van der Waals surface area contributed by atoms with Crippen molar-refractivity contribution in [1.29, 1.82) is 0 Å². The molecule has 22 heavy (non-hydrogen) atoms. The van der Waals surface area contributed by atoms with Crippen LogP contribution in [-0.2, 0) is 19.3 Å². The summed E-state index contributed by atoms with van der Waals surface area (Å²) in [7, 11) is 0. The molecule has 118 valence electrons. The van der Waals surface area contributed by atoms with Crippen molar-refractivity contribution in [1.82, 2.24) is 15.5 Å². The van der Waals surface area contributed by atoms with E-state index in [9.17, 15) is 4.79 Å². The number of hydrogen-bond acceptors (Lipinski definition) is 3. The van der Waals surface area contributed by atoms with Crippen LogP contribution in [0.3, 0.4) is 0 Å². The highest BCUT2D eigenvalue weighted by atomic mass is 32.1. The number of thiophene rings is 1. The smallest absolute Gasteiger partial charge is 0.261 e. The number of H-pyrrole nitrogens is 1. The highest BCUT2D eigenvalue weighted by molar-refractivity contribution is 7.14. The third kappa shape index (κ3) is 3.40. The molecule has 1 atom stereocenters. The van der Waals surface area contributed by atoms with Crippen molar-refractivity contribution >= 4 is 17.2 Å². The van der Waals surface area contributed by atoms with Crippen molar-refractivity contribution in [2.75, 3.05) is 6.54 Å². The maximum absolute atomic E-state index is 12.3. The first kappa shape index (κ1) is 15.3. The molecule has 0 saturated heterocycles. The van der Waals surface area contributed by atoms with Gasteiger partial charge in [-0.15, -0.1) is 11.3 Å². The van der Waals surface area contributed by atoms with Crippen LogP contribution in [0.5, 0.6) is 0 Å². The van der Waals surface area contributed by atoms with Crippen LogP contribution < -0.4 is 5.32 Å². The zero-order valence-electron chi connectivity index (χ0n) is 13.2. The van der Waals surface area contributed by atoms with E-state index in [0.29, 0.717) is 6.54 Å². The Morgan fingerprint density at radius 3 is 3.18 bits per heavy atom. The van der Waals surface area contributed by atoms with Crippen molar-refractivity contribution in [2.24, 2.45) is 5.92 Å². The van der Waals surface area contributed by atoms with E-state index in [1.54, 1.807) is 11.3 Å². The van der Waals surface area contributed by atoms with E-state index in [2.05, 4.69) is 28.5 Å². The van der Waals surface area contributed by atoms with Gasteiger partial charge in [0.2, 0.25) is 0 Å². The molecule has 0 bridgehead atoms. The second kappa shape index (κ2) is 6.65. The molecule has 0 aliphatic heterocycles. The summed E-state index contributed by atoms with van der Waals surface area (Å²) in [6, 6.07) is 2.10. The van der Waals surface area contributed by atoms with Gasteiger partial charge in [-0.25, -0.2) is 0 Å². The molecule has 0 unspecified atom stereocenters. The van der Waals surface area contributed by atoms with Crippen LogP contribution in [0, 0.1) is 12.8 Å². The number of nitrogens with zero attached hydrogens (tertiary/aromatic N) is 1. The molecular formula is C17H23N3OS. The molecule has 0 fully saturated rings. The average Bonchev–Trinajstić information content (AvgIpc) is 3.09. The van der Waals surface area contributed by atoms with E-state index in [1.807, 2.05) is 13.1 Å². The molecule has 1 amide bonds. The quantitative estimate of drug-likeness (QED) is 0.832. The van der Waals surface area contributed by atoms with Gasteiger partial charge >= 0.3 is 0 Å². The largest absolute Gasteiger partial charge is 0.351 e. The third-order valence-electron chi connectivity index (χ3n) is 4.40. The van der Waals surface area contributed by atoms with Crippen molar-refractivity contribution in [3.05, 3.63) is 38.8 Å². The summed E-state index contributed by atoms with van der Waals surface area (Å²) < 4.78 is 0. The fraction of sp³-hybridized carbons (Fsp3) is 0.529. The van der Waals surface area contributed by atoms with E-state index >= 15 is 0 Å². The summed E-state index contributed by atoms with van der Waals surface area (Å²) in [6.45, 7) is 5.03. The van der Waals surface area contributed by atoms with Gasteiger partial charge in [-0.05, 0) is 62.1 Å². The molecule has 0 saturated carbocycles. The summed E-state index contributed by atoms with van der Waals surface area (Å²) in [5.74, 6) is 0.826. The van der Waals surface area contributed by atoms with E-state index in [4.69, 9.17) is 0 Å². The molecule has 3 rings (SSSR count). The van der Waals surface area contributed by atoms with Crippen LogP contribution >= 0.6 is 11.3 Å². The highest BCUT2D eigenvalue weighted by Gasteiger charge is 2.20. The predicted molar refractivity (Wildman–Crippen MR) is 89.5 cm³/mol. The minimum atomic E-state index is 0.0796. The summed E-state index contributed by atoms with van der Waals surface area (Å²) in [6.07, 6.45) is 7.26. The monoisotopic (exact) mass is 317 g/mol. The molecule has 0 aromatic carbocycles. The Hall–Kier alpha value is -1.62. The molecule has 2 aromatic heterocycles. The second-order valence-corrected chi connectivity index (χ2v) is 7.42. The molecule has 2 aromatic rings. The predicted octanol–water partition coefficient (Wildman–Crippen LogP) is 3.27. The zero-order valence-corrected chi connectivity index (χ0v) is 14.1. The van der Waals surface area contributed by atoms with Crippen LogP contribution in [0.4, 0.5) is 0 Å². The number of aromatic amines is 1. The van der Waals surface area contributed by atoms with Crippen LogP contribution in [0.2, 0.25) is 0 Å². The van der Waals surface area contributed by atoms with Crippen molar-refractivity contribution in [2.45, 2.75) is 46.0 Å². The van der Waals surface area contributed by atoms with Crippen molar-refractivity contribution in [3.63, 3.8) is 0 Å². The second-order valence-electron chi connectivity index (χ2n) is 6.29. The summed E-state index contributed by atoms with van der Waals surface area (Å²) in [4.78, 5) is 14.5. The molecule has 1 aliphatic carbocycles. The summed E-state index contributed by atoms with van der Waals surface area (Å²) in [5, 5.41) is 10.00. The number of rotatable bonds is 5. The fourth-order valence-electron chi connectivity index (χ4n) is 3.01.